The summed E-state index contributed by atoms with van der Waals surface area (Å²) in [5.41, 5.74) is 9.56. The van der Waals surface area contributed by atoms with Crippen molar-refractivity contribution >= 4 is 22.3 Å². The minimum Gasteiger partial charge on any atom is -0.459 e. The molecule has 106 valence electrons. The Kier molecular flexibility index (Phi) is 4.14. The maximum absolute atomic E-state index is 12.3. The third kappa shape index (κ3) is 2.85. The highest BCUT2D eigenvalue weighted by Gasteiger charge is 2.23. The SMILES string of the molecule is Cc1ccc(-c2c(C)sc(N)c2C(=O)OC(C)C)cc1. The number of rotatable bonds is 3. The first-order valence-corrected chi connectivity index (χ1v) is 7.38. The van der Waals surface area contributed by atoms with Crippen LogP contribution in [0.25, 0.3) is 11.1 Å². The summed E-state index contributed by atoms with van der Waals surface area (Å²) in [5, 5.41) is 0.517. The molecule has 0 spiro atoms. The van der Waals surface area contributed by atoms with Crippen LogP contribution in [0.4, 0.5) is 5.00 Å². The molecule has 2 aromatic rings. The fourth-order valence-corrected chi connectivity index (χ4v) is 3.05. The molecule has 0 amide bonds. The van der Waals surface area contributed by atoms with Gasteiger partial charge < -0.3 is 10.5 Å². The number of carbonyl (C=O) groups excluding carboxylic acids is 1. The first kappa shape index (κ1) is 14.6. The summed E-state index contributed by atoms with van der Waals surface area (Å²) in [7, 11) is 0. The fourth-order valence-electron chi connectivity index (χ4n) is 2.11. The molecule has 0 bridgehead atoms. The zero-order chi connectivity index (χ0) is 14.9. The van der Waals surface area contributed by atoms with E-state index in [0.717, 1.165) is 16.0 Å². The second kappa shape index (κ2) is 5.67. The fraction of sp³-hybridized carbons (Fsp3) is 0.312. The molecule has 0 saturated heterocycles. The third-order valence-corrected chi connectivity index (χ3v) is 3.93. The minimum atomic E-state index is -0.350. The summed E-state index contributed by atoms with van der Waals surface area (Å²) >= 11 is 1.43. The highest BCUT2D eigenvalue weighted by molar-refractivity contribution is 7.16. The van der Waals surface area contributed by atoms with E-state index in [2.05, 4.69) is 0 Å². The zero-order valence-electron chi connectivity index (χ0n) is 12.2. The van der Waals surface area contributed by atoms with Crippen molar-refractivity contribution in [1.29, 1.82) is 0 Å². The molecule has 4 heteroatoms. The lowest BCUT2D eigenvalue weighted by Gasteiger charge is -2.10. The molecule has 3 nitrogen and oxygen atoms in total. The van der Waals surface area contributed by atoms with Gasteiger partial charge in [0.25, 0.3) is 0 Å². The standard InChI is InChI=1S/C16H19NO2S/c1-9(2)19-16(18)14-13(11(4)20-15(14)17)12-7-5-10(3)6-8-12/h5-9H,17H2,1-4H3. The average Bonchev–Trinajstić information content (AvgIpc) is 2.64. The van der Waals surface area contributed by atoms with Crippen molar-refractivity contribution in [2.24, 2.45) is 0 Å². The third-order valence-electron chi connectivity index (χ3n) is 3.00. The first-order valence-electron chi connectivity index (χ1n) is 6.57. The Balaban J connectivity index is 2.53. The van der Waals surface area contributed by atoms with Crippen LogP contribution >= 0.6 is 11.3 Å². The number of ether oxygens (including phenoxy) is 1. The molecule has 2 rings (SSSR count). The van der Waals surface area contributed by atoms with Crippen molar-refractivity contribution in [2.45, 2.75) is 33.8 Å². The summed E-state index contributed by atoms with van der Waals surface area (Å²) < 4.78 is 5.30. The smallest absolute Gasteiger partial charge is 0.342 e. The molecular formula is C16H19NO2S. The van der Waals surface area contributed by atoms with Crippen molar-refractivity contribution in [2.75, 3.05) is 5.73 Å². The number of thiophene rings is 1. The number of hydrogen-bond donors (Lipinski definition) is 1. The van der Waals surface area contributed by atoms with Crippen molar-refractivity contribution < 1.29 is 9.53 Å². The molecule has 0 aliphatic heterocycles. The summed E-state index contributed by atoms with van der Waals surface area (Å²) in [4.78, 5) is 13.3. The van der Waals surface area contributed by atoms with Gasteiger partial charge in [-0.3, -0.25) is 0 Å². The van der Waals surface area contributed by atoms with Crippen molar-refractivity contribution in [3.63, 3.8) is 0 Å². The Morgan fingerprint density at radius 1 is 1.20 bits per heavy atom. The second-order valence-electron chi connectivity index (χ2n) is 5.09. The van der Waals surface area contributed by atoms with E-state index in [9.17, 15) is 4.79 Å². The maximum atomic E-state index is 12.3. The topological polar surface area (TPSA) is 52.3 Å². The van der Waals surface area contributed by atoms with Crippen LogP contribution in [0.3, 0.4) is 0 Å². The quantitative estimate of drug-likeness (QED) is 0.862. The van der Waals surface area contributed by atoms with Gasteiger partial charge in [0.15, 0.2) is 0 Å². The van der Waals surface area contributed by atoms with Gasteiger partial charge in [0.05, 0.1) is 6.10 Å². The van der Waals surface area contributed by atoms with Gasteiger partial charge in [0, 0.05) is 10.4 Å². The Labute approximate surface area is 123 Å². The van der Waals surface area contributed by atoms with E-state index in [4.69, 9.17) is 10.5 Å². The molecule has 0 fully saturated rings. The summed E-state index contributed by atoms with van der Waals surface area (Å²) in [6, 6.07) is 8.08. The van der Waals surface area contributed by atoms with Crippen molar-refractivity contribution in [3.05, 3.63) is 40.3 Å². The molecule has 1 aromatic heterocycles. The lowest BCUT2D eigenvalue weighted by molar-refractivity contribution is 0.0380. The Morgan fingerprint density at radius 2 is 1.80 bits per heavy atom. The number of nitrogen functional groups attached to an aromatic ring is 1. The van der Waals surface area contributed by atoms with Gasteiger partial charge >= 0.3 is 5.97 Å². The second-order valence-corrected chi connectivity index (χ2v) is 6.35. The van der Waals surface area contributed by atoms with Gasteiger partial charge in [-0.2, -0.15) is 0 Å². The van der Waals surface area contributed by atoms with Crippen molar-refractivity contribution in [1.82, 2.24) is 0 Å². The Hall–Kier alpha value is -1.81. The minimum absolute atomic E-state index is 0.159. The van der Waals surface area contributed by atoms with Crippen LogP contribution in [0.5, 0.6) is 0 Å². The predicted octanol–water partition coefficient (Wildman–Crippen LogP) is 4.18. The molecule has 20 heavy (non-hydrogen) atoms. The van der Waals surface area contributed by atoms with E-state index in [-0.39, 0.29) is 12.1 Å². The number of nitrogens with two attached hydrogens (primary N) is 1. The molecule has 0 aliphatic rings. The number of anilines is 1. The van der Waals surface area contributed by atoms with Gasteiger partial charge in [-0.25, -0.2) is 4.79 Å². The first-order chi connectivity index (χ1) is 9.40. The highest BCUT2D eigenvalue weighted by atomic mass is 32.1. The van der Waals surface area contributed by atoms with Crippen molar-refractivity contribution in [3.8, 4) is 11.1 Å². The molecule has 1 aromatic carbocycles. The van der Waals surface area contributed by atoms with E-state index >= 15 is 0 Å². The van der Waals surface area contributed by atoms with Crippen LogP contribution in [0.1, 0.15) is 34.6 Å². The molecule has 0 aliphatic carbocycles. The maximum Gasteiger partial charge on any atom is 0.342 e. The van der Waals surface area contributed by atoms with E-state index in [1.165, 1.54) is 16.9 Å². The van der Waals surface area contributed by atoms with Crippen LogP contribution in [0.2, 0.25) is 0 Å². The lowest BCUT2D eigenvalue weighted by atomic mass is 10.0. The van der Waals surface area contributed by atoms with Crippen LogP contribution in [-0.4, -0.2) is 12.1 Å². The number of esters is 1. The van der Waals surface area contributed by atoms with E-state index < -0.39 is 0 Å². The molecule has 1 heterocycles. The average molecular weight is 289 g/mol. The van der Waals surface area contributed by atoms with Gasteiger partial charge in [0.2, 0.25) is 0 Å². The number of carbonyl (C=O) groups is 1. The van der Waals surface area contributed by atoms with Gasteiger partial charge in [-0.15, -0.1) is 11.3 Å². The molecule has 0 unspecified atom stereocenters. The van der Waals surface area contributed by atoms with E-state index in [1.54, 1.807) is 0 Å². The zero-order valence-corrected chi connectivity index (χ0v) is 13.0. The Bertz CT molecular complexity index is 627. The van der Waals surface area contributed by atoms with Crippen LogP contribution in [0.15, 0.2) is 24.3 Å². The monoisotopic (exact) mass is 289 g/mol. The molecule has 2 N–H and O–H groups in total. The molecule has 0 saturated carbocycles. The van der Waals surface area contributed by atoms with Crippen LogP contribution < -0.4 is 5.73 Å². The largest absolute Gasteiger partial charge is 0.459 e. The summed E-state index contributed by atoms with van der Waals surface area (Å²) in [6.07, 6.45) is -0.159. The predicted molar refractivity (Wildman–Crippen MR) is 84.2 cm³/mol. The van der Waals surface area contributed by atoms with Crippen LogP contribution in [0, 0.1) is 13.8 Å². The number of aryl methyl sites for hydroxylation is 2. The molecule has 0 atom stereocenters. The summed E-state index contributed by atoms with van der Waals surface area (Å²) in [6.45, 7) is 7.67. The van der Waals surface area contributed by atoms with Gasteiger partial charge in [-0.1, -0.05) is 29.8 Å². The van der Waals surface area contributed by atoms with E-state index in [0.29, 0.717) is 10.6 Å². The van der Waals surface area contributed by atoms with Gasteiger partial charge in [0.1, 0.15) is 10.6 Å². The normalized spacial score (nSPS) is 10.8. The highest BCUT2D eigenvalue weighted by Crippen LogP contribution is 2.38. The number of hydrogen-bond acceptors (Lipinski definition) is 4. The van der Waals surface area contributed by atoms with Gasteiger partial charge in [-0.05, 0) is 33.3 Å². The number of benzene rings is 1. The van der Waals surface area contributed by atoms with Crippen LogP contribution in [-0.2, 0) is 4.74 Å². The Morgan fingerprint density at radius 3 is 2.35 bits per heavy atom. The molecule has 0 radical (unpaired) electrons. The lowest BCUT2D eigenvalue weighted by Crippen LogP contribution is -2.13. The molecular weight excluding hydrogens is 270 g/mol. The van der Waals surface area contributed by atoms with E-state index in [1.807, 2.05) is 52.0 Å². The summed E-state index contributed by atoms with van der Waals surface area (Å²) in [5.74, 6) is -0.350.